The first-order chi connectivity index (χ1) is 14.3. The fraction of sp³-hybridized carbons (Fsp3) is 0.261. The second-order valence-corrected chi connectivity index (χ2v) is 7.87. The average molecular weight is 403 g/mol. The largest absolute Gasteiger partial charge is 0.298 e. The monoisotopic (exact) mass is 402 g/mol. The number of carbonyl (C=O) groups excluding carboxylic acids is 1. The highest BCUT2D eigenvalue weighted by Gasteiger charge is 2.23. The van der Waals surface area contributed by atoms with Crippen LogP contribution in [0.25, 0.3) is 5.69 Å². The van der Waals surface area contributed by atoms with E-state index < -0.39 is 0 Å². The summed E-state index contributed by atoms with van der Waals surface area (Å²) in [4.78, 5) is 19.3. The predicted molar refractivity (Wildman–Crippen MR) is 115 cm³/mol. The van der Waals surface area contributed by atoms with Gasteiger partial charge in [-0.1, -0.05) is 48.2 Å². The van der Waals surface area contributed by atoms with E-state index in [0.29, 0.717) is 0 Å². The van der Waals surface area contributed by atoms with Gasteiger partial charge in [0.05, 0.1) is 17.5 Å². The lowest BCUT2D eigenvalue weighted by Gasteiger charge is -2.19. The van der Waals surface area contributed by atoms with E-state index in [1.807, 2.05) is 48.5 Å². The van der Waals surface area contributed by atoms with Gasteiger partial charge < -0.3 is 0 Å². The average Bonchev–Trinajstić information content (AvgIpc) is 3.15. The number of para-hydroxylation sites is 2. The van der Waals surface area contributed by atoms with E-state index in [1.165, 1.54) is 28.8 Å². The number of aryl methyl sites for hydroxylation is 1. The molecule has 0 fully saturated rings. The molecule has 1 aromatic heterocycles. The highest BCUT2D eigenvalue weighted by Crippen LogP contribution is 2.31. The van der Waals surface area contributed by atoms with Crippen molar-refractivity contribution in [3.05, 3.63) is 72.1 Å². The van der Waals surface area contributed by atoms with E-state index in [2.05, 4.69) is 22.8 Å². The molecule has 2 aromatic carbocycles. The van der Waals surface area contributed by atoms with Crippen LogP contribution in [0.1, 0.15) is 24.2 Å². The van der Waals surface area contributed by atoms with Crippen molar-refractivity contribution in [2.75, 3.05) is 17.2 Å². The molecule has 29 heavy (non-hydrogen) atoms. The number of hydrogen-bond donors (Lipinski definition) is 0. The topological polar surface area (TPSA) is 61.9 Å². The van der Waals surface area contributed by atoms with Crippen molar-refractivity contribution in [3.8, 4) is 11.8 Å². The summed E-state index contributed by atoms with van der Waals surface area (Å²) in [5, 5.41) is 10.0. The third-order valence-corrected chi connectivity index (χ3v) is 5.96. The number of imidazole rings is 1. The molecule has 0 radical (unpaired) electrons. The maximum absolute atomic E-state index is 12.9. The molecule has 0 saturated heterocycles. The van der Waals surface area contributed by atoms with E-state index in [0.717, 1.165) is 41.5 Å². The minimum absolute atomic E-state index is 0.0348. The number of fused-ring (bicyclic) bond motifs is 1. The maximum Gasteiger partial charge on any atom is 0.238 e. The first-order valence-corrected chi connectivity index (χ1v) is 10.8. The molecule has 5 nitrogen and oxygen atoms in total. The number of benzene rings is 2. The lowest BCUT2D eigenvalue weighted by Crippen LogP contribution is -2.32. The van der Waals surface area contributed by atoms with Crippen molar-refractivity contribution in [3.63, 3.8) is 0 Å². The Kier molecular flexibility index (Phi) is 5.97. The minimum atomic E-state index is -0.0941. The molecule has 6 heteroatoms. The van der Waals surface area contributed by atoms with Crippen LogP contribution in [-0.2, 0) is 17.6 Å². The standard InChI is InChI=1S/C23H22N4OS/c24-15-16-26(18-9-3-1-4-10-18)22(28)17-29-23-25-20-13-7-8-14-21(20)27(23)19-11-5-2-6-12-19/h1-6,9-12H,7-8,13-14,16-17H2. The highest BCUT2D eigenvalue weighted by atomic mass is 32.2. The number of nitrogens with zero attached hydrogens (tertiary/aromatic N) is 4. The van der Waals surface area contributed by atoms with Gasteiger partial charge >= 0.3 is 0 Å². The summed E-state index contributed by atoms with van der Waals surface area (Å²) in [5.41, 5.74) is 4.22. The molecule has 0 bridgehead atoms. The second-order valence-electron chi connectivity index (χ2n) is 6.93. The Balaban J connectivity index is 1.59. The van der Waals surface area contributed by atoms with E-state index in [4.69, 9.17) is 10.2 Å². The molecule has 1 amide bonds. The molecule has 3 aromatic rings. The Bertz CT molecular complexity index is 1020. The van der Waals surface area contributed by atoms with Gasteiger partial charge in [0.1, 0.15) is 6.54 Å². The van der Waals surface area contributed by atoms with Crippen molar-refractivity contribution in [2.45, 2.75) is 30.8 Å². The van der Waals surface area contributed by atoms with Crippen LogP contribution in [0.2, 0.25) is 0 Å². The second kappa shape index (κ2) is 8.97. The van der Waals surface area contributed by atoms with Crippen LogP contribution >= 0.6 is 11.8 Å². The summed E-state index contributed by atoms with van der Waals surface area (Å²) in [5.74, 6) is 0.141. The molecule has 0 N–H and O–H groups in total. The van der Waals surface area contributed by atoms with E-state index in [1.54, 1.807) is 0 Å². The molecule has 1 aliphatic carbocycles. The minimum Gasteiger partial charge on any atom is -0.298 e. The van der Waals surface area contributed by atoms with Crippen molar-refractivity contribution >= 4 is 23.4 Å². The van der Waals surface area contributed by atoms with Crippen LogP contribution < -0.4 is 4.90 Å². The van der Waals surface area contributed by atoms with Crippen LogP contribution in [0.3, 0.4) is 0 Å². The molecule has 0 saturated carbocycles. The fourth-order valence-corrected chi connectivity index (χ4v) is 4.59. The van der Waals surface area contributed by atoms with Gasteiger partial charge in [-0.05, 0) is 49.9 Å². The van der Waals surface area contributed by atoms with Crippen molar-refractivity contribution in [1.29, 1.82) is 5.26 Å². The fourth-order valence-electron chi connectivity index (χ4n) is 3.66. The van der Waals surface area contributed by atoms with Crippen LogP contribution in [0.5, 0.6) is 0 Å². The lowest BCUT2D eigenvalue weighted by molar-refractivity contribution is -0.116. The van der Waals surface area contributed by atoms with Gasteiger partial charge in [0.15, 0.2) is 5.16 Å². The maximum atomic E-state index is 12.9. The van der Waals surface area contributed by atoms with Crippen molar-refractivity contribution < 1.29 is 4.79 Å². The van der Waals surface area contributed by atoms with Crippen LogP contribution in [0.4, 0.5) is 5.69 Å². The summed E-state index contributed by atoms with van der Waals surface area (Å²) >= 11 is 1.44. The quantitative estimate of drug-likeness (QED) is 0.453. The van der Waals surface area contributed by atoms with E-state index in [-0.39, 0.29) is 18.2 Å². The van der Waals surface area contributed by atoms with E-state index in [9.17, 15) is 4.79 Å². The zero-order valence-electron chi connectivity index (χ0n) is 16.1. The van der Waals surface area contributed by atoms with Gasteiger partial charge in [0.2, 0.25) is 5.91 Å². The van der Waals surface area contributed by atoms with Crippen molar-refractivity contribution in [2.24, 2.45) is 0 Å². The summed E-state index contributed by atoms with van der Waals surface area (Å²) in [6.45, 7) is 0.0348. The Labute approximate surface area is 175 Å². The molecule has 0 unspecified atom stereocenters. The van der Waals surface area contributed by atoms with Gasteiger partial charge in [-0.25, -0.2) is 4.98 Å². The first-order valence-electron chi connectivity index (χ1n) is 9.79. The third kappa shape index (κ3) is 4.20. The van der Waals surface area contributed by atoms with E-state index >= 15 is 0 Å². The van der Waals surface area contributed by atoms with Crippen LogP contribution in [0.15, 0.2) is 65.8 Å². The zero-order chi connectivity index (χ0) is 20.1. The number of rotatable bonds is 6. The number of aromatic nitrogens is 2. The number of nitriles is 1. The summed E-state index contributed by atoms with van der Waals surface area (Å²) in [7, 11) is 0. The predicted octanol–water partition coefficient (Wildman–Crippen LogP) is 4.40. The summed E-state index contributed by atoms with van der Waals surface area (Å²) in [6.07, 6.45) is 4.32. The normalized spacial score (nSPS) is 12.8. The van der Waals surface area contributed by atoms with Crippen LogP contribution in [0, 0.1) is 11.3 Å². The van der Waals surface area contributed by atoms with Gasteiger partial charge in [-0.15, -0.1) is 0 Å². The zero-order valence-corrected chi connectivity index (χ0v) is 16.9. The van der Waals surface area contributed by atoms with Gasteiger partial charge in [-0.3, -0.25) is 14.3 Å². The SMILES string of the molecule is N#CCN(C(=O)CSc1nc2c(n1-c1ccccc1)CCCC2)c1ccccc1. The Hall–Kier alpha value is -3.04. The number of amides is 1. The van der Waals surface area contributed by atoms with Crippen molar-refractivity contribution in [1.82, 2.24) is 9.55 Å². The molecular formula is C23H22N4OS. The molecule has 0 aliphatic heterocycles. The number of hydrogen-bond acceptors (Lipinski definition) is 4. The molecule has 146 valence electrons. The Morgan fingerprint density at radius 2 is 1.76 bits per heavy atom. The van der Waals surface area contributed by atoms with Gasteiger partial charge in [0.25, 0.3) is 0 Å². The molecule has 0 atom stereocenters. The Morgan fingerprint density at radius 3 is 2.48 bits per heavy atom. The van der Waals surface area contributed by atoms with Gasteiger partial charge in [-0.2, -0.15) is 5.26 Å². The van der Waals surface area contributed by atoms with Crippen LogP contribution in [-0.4, -0.2) is 27.8 Å². The first kappa shape index (κ1) is 19.3. The van der Waals surface area contributed by atoms with Gasteiger partial charge in [0, 0.05) is 17.1 Å². The molecule has 4 rings (SSSR count). The number of carbonyl (C=O) groups is 1. The Morgan fingerprint density at radius 1 is 1.07 bits per heavy atom. The molecular weight excluding hydrogens is 380 g/mol. The third-order valence-electron chi connectivity index (χ3n) is 5.04. The number of anilines is 1. The lowest BCUT2D eigenvalue weighted by atomic mass is 10.0. The summed E-state index contributed by atoms with van der Waals surface area (Å²) < 4.78 is 2.20. The molecule has 1 heterocycles. The molecule has 0 spiro atoms. The summed E-state index contributed by atoms with van der Waals surface area (Å²) in [6, 6.07) is 21.6. The molecule has 1 aliphatic rings. The smallest absolute Gasteiger partial charge is 0.238 e. The number of thioether (sulfide) groups is 1. The highest BCUT2D eigenvalue weighted by molar-refractivity contribution is 7.99.